The van der Waals surface area contributed by atoms with E-state index >= 15 is 0 Å². The Hall–Kier alpha value is -2.74. The van der Waals surface area contributed by atoms with E-state index in [4.69, 9.17) is 5.73 Å². The Kier molecular flexibility index (Phi) is 6.90. The van der Waals surface area contributed by atoms with Crippen molar-refractivity contribution in [1.82, 2.24) is 15.6 Å². The van der Waals surface area contributed by atoms with E-state index in [2.05, 4.69) is 25.6 Å². The van der Waals surface area contributed by atoms with Crippen LogP contribution in [0.5, 0.6) is 0 Å². The van der Waals surface area contributed by atoms with E-state index in [9.17, 15) is 39.5 Å². The number of nitrogens with zero attached hydrogens (tertiary/aromatic N) is 3. The number of nitrogens with one attached hydrogen (secondary N) is 2. The Bertz CT molecular complexity index is 874. The van der Waals surface area contributed by atoms with Crippen molar-refractivity contribution in [1.29, 1.82) is 0 Å². The summed E-state index contributed by atoms with van der Waals surface area (Å²) in [6, 6.07) is -0.128. The third-order valence-corrected chi connectivity index (χ3v) is 4.64. The van der Waals surface area contributed by atoms with Gasteiger partial charge in [0.25, 0.3) is 0 Å². The largest absolute Gasteiger partial charge is 0.433 e. The van der Waals surface area contributed by atoms with E-state index in [1.807, 2.05) is 0 Å². The average Bonchev–Trinajstić information content (AvgIpc) is 2.63. The Morgan fingerprint density at radius 3 is 2.09 bits per heavy atom. The van der Waals surface area contributed by atoms with Gasteiger partial charge in [-0.15, -0.1) is 0 Å². The molecule has 0 spiro atoms. The van der Waals surface area contributed by atoms with E-state index in [-0.39, 0.29) is 0 Å². The van der Waals surface area contributed by atoms with Crippen LogP contribution in [0.2, 0.25) is 0 Å². The lowest BCUT2D eigenvalue weighted by molar-refractivity contribution is -0.197. The van der Waals surface area contributed by atoms with Crippen LogP contribution in [-0.4, -0.2) is 35.3 Å². The van der Waals surface area contributed by atoms with E-state index in [0.29, 0.717) is 6.07 Å². The Labute approximate surface area is 176 Å². The molecule has 4 N–H and O–H groups in total. The van der Waals surface area contributed by atoms with Gasteiger partial charge in [-0.1, -0.05) is 19.9 Å². The highest BCUT2D eigenvalue weighted by Crippen LogP contribution is 2.44. The first-order valence-electron chi connectivity index (χ1n) is 9.21. The highest BCUT2D eigenvalue weighted by Gasteiger charge is 2.57. The molecule has 0 bridgehead atoms. The number of halogens is 9. The minimum Gasteiger partial charge on any atom is -0.370 e. The number of pyridine rings is 1. The Morgan fingerprint density at radius 2 is 1.62 bits per heavy atom. The lowest BCUT2D eigenvalue weighted by atomic mass is 9.85. The molecule has 3 atom stereocenters. The topological polar surface area (TPSA) is 87.7 Å². The van der Waals surface area contributed by atoms with Crippen LogP contribution < -0.4 is 16.4 Å². The van der Waals surface area contributed by atoms with Crippen molar-refractivity contribution in [2.75, 3.05) is 0 Å². The minimum absolute atomic E-state index is 0.533. The zero-order chi connectivity index (χ0) is 24.5. The lowest BCUT2D eigenvalue weighted by Crippen LogP contribution is -2.64. The van der Waals surface area contributed by atoms with E-state index in [1.165, 1.54) is 0 Å². The van der Waals surface area contributed by atoms with E-state index < -0.39 is 72.3 Å². The number of alkyl halides is 9. The molecule has 0 radical (unpaired) electrons. The van der Waals surface area contributed by atoms with Crippen molar-refractivity contribution < 1.29 is 39.5 Å². The summed E-state index contributed by atoms with van der Waals surface area (Å²) in [7, 11) is 0. The summed E-state index contributed by atoms with van der Waals surface area (Å²) >= 11 is 0. The number of rotatable bonds is 5. The van der Waals surface area contributed by atoms with Gasteiger partial charge in [-0.25, -0.2) is 15.0 Å². The van der Waals surface area contributed by atoms with Crippen molar-refractivity contribution >= 4 is 11.9 Å². The maximum atomic E-state index is 13.9. The third kappa shape index (κ3) is 5.35. The van der Waals surface area contributed by atoms with E-state index in [0.717, 1.165) is 26.0 Å². The van der Waals surface area contributed by atoms with Crippen molar-refractivity contribution in [3.63, 3.8) is 0 Å². The summed E-state index contributed by atoms with van der Waals surface area (Å²) in [4.78, 5) is 10.3. The molecule has 2 rings (SSSR count). The predicted octanol–water partition coefficient (Wildman–Crippen LogP) is 4.05. The predicted molar refractivity (Wildman–Crippen MR) is 96.2 cm³/mol. The van der Waals surface area contributed by atoms with Gasteiger partial charge in [-0.3, -0.25) is 5.32 Å². The molecule has 0 amide bonds. The molecular formula is C17H19F9N6. The van der Waals surface area contributed by atoms with Gasteiger partial charge < -0.3 is 11.1 Å². The van der Waals surface area contributed by atoms with Crippen molar-refractivity contribution in [3.05, 3.63) is 29.6 Å². The Morgan fingerprint density at radius 1 is 1.00 bits per heavy atom. The van der Waals surface area contributed by atoms with Crippen LogP contribution in [0.15, 0.2) is 28.2 Å². The number of aromatic nitrogens is 1. The monoisotopic (exact) mass is 478 g/mol. The first-order chi connectivity index (χ1) is 14.5. The van der Waals surface area contributed by atoms with Crippen LogP contribution in [0, 0.1) is 5.92 Å². The van der Waals surface area contributed by atoms with Crippen LogP contribution in [0.1, 0.15) is 38.1 Å². The van der Waals surface area contributed by atoms with Crippen LogP contribution in [0.3, 0.4) is 0 Å². The smallest absolute Gasteiger partial charge is 0.370 e. The van der Waals surface area contributed by atoms with Gasteiger partial charge in [-0.05, 0) is 25.0 Å². The number of nitrogens with two attached hydrogens (primary N) is 1. The van der Waals surface area contributed by atoms with Gasteiger partial charge in [0.1, 0.15) is 17.7 Å². The standard InChI is InChI=1S/C17H19F9N6/c1-3-8(15(18,19)20)14(10-6-5-7-11(28-10)17(24,25)26)31-12(27)30-13(32-14)29-9(4-2)16(21,22)23/h5-9H,3-4H2,1-2H3,(H4,27,29,30,31,32)/t8-,9-,14?/m0/s1. The second kappa shape index (κ2) is 8.65. The summed E-state index contributed by atoms with van der Waals surface area (Å²) < 4.78 is 121. The van der Waals surface area contributed by atoms with Crippen LogP contribution >= 0.6 is 0 Å². The van der Waals surface area contributed by atoms with Crippen LogP contribution in [0.4, 0.5) is 39.5 Å². The fourth-order valence-electron chi connectivity index (χ4n) is 3.23. The second-order valence-electron chi connectivity index (χ2n) is 6.87. The second-order valence-corrected chi connectivity index (χ2v) is 6.87. The van der Waals surface area contributed by atoms with Gasteiger partial charge in [0.15, 0.2) is 11.6 Å². The molecule has 32 heavy (non-hydrogen) atoms. The zero-order valence-corrected chi connectivity index (χ0v) is 16.6. The molecule has 2 heterocycles. The molecule has 1 aromatic heterocycles. The quantitative estimate of drug-likeness (QED) is 0.558. The number of hydrogen-bond acceptors (Lipinski definition) is 4. The third-order valence-electron chi connectivity index (χ3n) is 4.64. The first-order valence-corrected chi connectivity index (χ1v) is 9.21. The molecule has 1 aromatic rings. The first kappa shape index (κ1) is 25.5. The van der Waals surface area contributed by atoms with Gasteiger partial charge in [0, 0.05) is 0 Å². The van der Waals surface area contributed by atoms with Crippen molar-refractivity contribution in [2.45, 2.75) is 56.9 Å². The average molecular weight is 478 g/mol. The molecule has 0 fully saturated rings. The molecule has 0 aromatic carbocycles. The lowest BCUT2D eigenvalue weighted by Gasteiger charge is -2.42. The number of aliphatic imine (C=N–C) groups is 2. The molecule has 1 aliphatic rings. The highest BCUT2D eigenvalue weighted by molar-refractivity contribution is 6.00. The number of guanidine groups is 2. The van der Waals surface area contributed by atoms with Crippen LogP contribution in [-0.2, 0) is 11.8 Å². The number of hydrogen-bond donors (Lipinski definition) is 3. The normalized spacial score (nSPS) is 23.2. The van der Waals surface area contributed by atoms with Gasteiger partial charge >= 0.3 is 18.5 Å². The zero-order valence-electron chi connectivity index (χ0n) is 16.6. The van der Waals surface area contributed by atoms with Gasteiger partial charge in [0.05, 0.1) is 5.69 Å². The summed E-state index contributed by atoms with van der Waals surface area (Å²) in [6.07, 6.45) is -16.1. The fraction of sp³-hybridized carbons (Fsp3) is 0.588. The highest BCUT2D eigenvalue weighted by atomic mass is 19.4. The molecule has 0 saturated heterocycles. The summed E-state index contributed by atoms with van der Waals surface area (Å²) in [6.45, 7) is 2.24. The molecule has 0 aliphatic carbocycles. The van der Waals surface area contributed by atoms with Crippen molar-refractivity contribution in [2.24, 2.45) is 21.6 Å². The molecule has 180 valence electrons. The summed E-state index contributed by atoms with van der Waals surface area (Å²) in [5, 5.41) is 4.21. The molecule has 15 heteroatoms. The van der Waals surface area contributed by atoms with Gasteiger partial charge in [0.2, 0.25) is 5.96 Å². The van der Waals surface area contributed by atoms with E-state index in [1.54, 1.807) is 0 Å². The SMILES string of the molecule is CC[C@H](N=C1NC(N)=NC(c2cccc(C(F)(F)F)n2)([C@H](CC)C(F)(F)F)N1)C(F)(F)F. The van der Waals surface area contributed by atoms with Crippen molar-refractivity contribution in [3.8, 4) is 0 Å². The van der Waals surface area contributed by atoms with Gasteiger partial charge in [-0.2, -0.15) is 39.5 Å². The Balaban J connectivity index is 2.76. The minimum atomic E-state index is -5.04. The van der Waals surface area contributed by atoms with Crippen LogP contribution in [0.25, 0.3) is 0 Å². The maximum absolute atomic E-state index is 13.9. The summed E-state index contributed by atoms with van der Waals surface area (Å²) in [5.41, 5.74) is 0.392. The molecule has 0 saturated carbocycles. The molecule has 1 unspecified atom stereocenters. The molecular weight excluding hydrogens is 459 g/mol. The fourth-order valence-corrected chi connectivity index (χ4v) is 3.23. The summed E-state index contributed by atoms with van der Waals surface area (Å²) in [5.74, 6) is -4.12. The molecule has 6 nitrogen and oxygen atoms in total. The molecule has 1 aliphatic heterocycles. The maximum Gasteiger partial charge on any atom is 0.433 e.